The fourth-order valence-electron chi connectivity index (χ4n) is 4.06. The lowest BCUT2D eigenvalue weighted by Gasteiger charge is -2.47. The Labute approximate surface area is 162 Å². The molecular weight excluding hydrogens is 364 g/mol. The Morgan fingerprint density at radius 1 is 1.22 bits per heavy atom. The average molecular weight is 395 g/mol. The zero-order chi connectivity index (χ0) is 19.5. The number of amides is 1. The molecule has 3 heterocycles. The monoisotopic (exact) mass is 394 g/mol. The molecule has 27 heavy (non-hydrogen) atoms. The quantitative estimate of drug-likeness (QED) is 0.733. The molecule has 150 valence electrons. The molecule has 0 N–H and O–H groups in total. The highest BCUT2D eigenvalue weighted by Gasteiger charge is 2.43. The number of hydrogen-bond donors (Lipinski definition) is 0. The Bertz CT molecular complexity index is 745. The number of likely N-dealkylation sites (tertiary alicyclic amines) is 1. The number of pyridine rings is 1. The van der Waals surface area contributed by atoms with Crippen molar-refractivity contribution in [1.29, 1.82) is 0 Å². The lowest BCUT2D eigenvalue weighted by molar-refractivity contribution is -0.138. The van der Waals surface area contributed by atoms with Gasteiger partial charge >= 0.3 is 0 Å². The smallest absolute Gasteiger partial charge is 0.281 e. The lowest BCUT2D eigenvalue weighted by atomic mass is 9.72. The van der Waals surface area contributed by atoms with E-state index >= 15 is 0 Å². The van der Waals surface area contributed by atoms with Crippen molar-refractivity contribution in [3.63, 3.8) is 0 Å². The first-order valence-electron chi connectivity index (χ1n) is 9.75. The molecule has 2 saturated heterocycles. The van der Waals surface area contributed by atoms with Gasteiger partial charge in [0.05, 0.1) is 0 Å². The average Bonchev–Trinajstić information content (AvgIpc) is 2.69. The Balaban J connectivity index is 1.60. The molecule has 2 aliphatic rings. The highest BCUT2D eigenvalue weighted by atomic mass is 32.2. The van der Waals surface area contributed by atoms with Crippen LogP contribution in [0.25, 0.3) is 0 Å². The van der Waals surface area contributed by atoms with Gasteiger partial charge < -0.3 is 4.90 Å². The molecule has 0 bridgehead atoms. The van der Waals surface area contributed by atoms with E-state index < -0.39 is 10.2 Å². The van der Waals surface area contributed by atoms with Crippen molar-refractivity contribution >= 4 is 16.1 Å². The van der Waals surface area contributed by atoms with Crippen LogP contribution >= 0.6 is 0 Å². The van der Waals surface area contributed by atoms with Gasteiger partial charge in [-0.05, 0) is 36.8 Å². The third-order valence-electron chi connectivity index (χ3n) is 6.06. The summed E-state index contributed by atoms with van der Waals surface area (Å²) in [5, 5.41) is 0. The van der Waals surface area contributed by atoms with Gasteiger partial charge in [0.15, 0.2) is 0 Å². The molecular formula is C19H30N4O3S. The molecule has 1 amide bonds. The van der Waals surface area contributed by atoms with E-state index in [1.165, 1.54) is 4.31 Å². The van der Waals surface area contributed by atoms with Gasteiger partial charge in [0.25, 0.3) is 10.2 Å². The Hall–Kier alpha value is -1.51. The standard InChI is InChI=1S/C19H30N4O3S/c1-3-21(2)27(25,26)23-14-10-19(11-15-23)9-7-18(24)22(16-19)13-8-17-6-4-5-12-20-17/h4-6,12H,3,7-11,13-16H2,1-2H3. The third-order valence-corrected chi connectivity index (χ3v) is 8.12. The molecule has 0 saturated carbocycles. The molecule has 8 heteroatoms. The first kappa shape index (κ1) is 20.2. The summed E-state index contributed by atoms with van der Waals surface area (Å²) >= 11 is 0. The molecule has 0 aromatic carbocycles. The van der Waals surface area contributed by atoms with Crippen molar-refractivity contribution in [1.82, 2.24) is 18.5 Å². The Morgan fingerprint density at radius 2 is 1.96 bits per heavy atom. The molecule has 1 aromatic heterocycles. The number of rotatable bonds is 6. The summed E-state index contributed by atoms with van der Waals surface area (Å²) in [6, 6.07) is 5.84. The molecule has 7 nitrogen and oxygen atoms in total. The van der Waals surface area contributed by atoms with Crippen LogP contribution in [0.2, 0.25) is 0 Å². The van der Waals surface area contributed by atoms with Gasteiger partial charge in [-0.1, -0.05) is 13.0 Å². The van der Waals surface area contributed by atoms with Crippen molar-refractivity contribution < 1.29 is 13.2 Å². The van der Waals surface area contributed by atoms with Crippen LogP contribution in [0.3, 0.4) is 0 Å². The summed E-state index contributed by atoms with van der Waals surface area (Å²) in [5.41, 5.74) is 1.04. The summed E-state index contributed by atoms with van der Waals surface area (Å²) in [6.07, 6.45) is 5.59. The van der Waals surface area contributed by atoms with Crippen molar-refractivity contribution in [2.24, 2.45) is 5.41 Å². The SMILES string of the molecule is CCN(C)S(=O)(=O)N1CCC2(CCC(=O)N(CCc3ccccn3)C2)CC1. The number of hydrogen-bond acceptors (Lipinski definition) is 4. The zero-order valence-corrected chi connectivity index (χ0v) is 17.1. The van der Waals surface area contributed by atoms with E-state index in [4.69, 9.17) is 0 Å². The van der Waals surface area contributed by atoms with E-state index in [1.807, 2.05) is 30.0 Å². The van der Waals surface area contributed by atoms with Crippen LogP contribution in [-0.2, 0) is 21.4 Å². The minimum absolute atomic E-state index is 0.0504. The first-order valence-corrected chi connectivity index (χ1v) is 11.2. The Kier molecular flexibility index (Phi) is 6.18. The van der Waals surface area contributed by atoms with E-state index in [-0.39, 0.29) is 11.3 Å². The first-order chi connectivity index (χ1) is 12.9. The second kappa shape index (κ2) is 8.24. The van der Waals surface area contributed by atoms with Crippen molar-refractivity contribution in [2.75, 3.05) is 39.8 Å². The number of carbonyl (C=O) groups is 1. The van der Waals surface area contributed by atoms with Gasteiger partial charge in [-0.15, -0.1) is 0 Å². The fraction of sp³-hybridized carbons (Fsp3) is 0.684. The maximum Gasteiger partial charge on any atom is 0.281 e. The number of nitrogens with zero attached hydrogens (tertiary/aromatic N) is 4. The molecule has 2 aliphatic heterocycles. The van der Waals surface area contributed by atoms with Crippen LogP contribution in [0.1, 0.15) is 38.3 Å². The van der Waals surface area contributed by atoms with E-state index in [1.54, 1.807) is 17.5 Å². The summed E-state index contributed by atoms with van der Waals surface area (Å²) in [4.78, 5) is 18.7. The summed E-state index contributed by atoms with van der Waals surface area (Å²) in [6.45, 7) is 4.80. The molecule has 0 unspecified atom stereocenters. The number of carbonyl (C=O) groups excluding carboxylic acids is 1. The number of piperidine rings is 2. The highest BCUT2D eigenvalue weighted by Crippen LogP contribution is 2.40. The zero-order valence-electron chi connectivity index (χ0n) is 16.3. The van der Waals surface area contributed by atoms with Gasteiger partial charge in [-0.3, -0.25) is 9.78 Å². The van der Waals surface area contributed by atoms with Crippen molar-refractivity contribution in [2.45, 2.75) is 39.0 Å². The summed E-state index contributed by atoms with van der Waals surface area (Å²) in [7, 11) is -1.74. The van der Waals surface area contributed by atoms with Gasteiger partial charge in [-0.25, -0.2) is 0 Å². The van der Waals surface area contributed by atoms with E-state index in [2.05, 4.69) is 4.98 Å². The molecule has 0 atom stereocenters. The minimum Gasteiger partial charge on any atom is -0.342 e. The predicted octanol–water partition coefficient (Wildman–Crippen LogP) is 1.53. The second-order valence-corrected chi connectivity index (χ2v) is 9.74. The molecule has 2 fully saturated rings. The van der Waals surface area contributed by atoms with E-state index in [0.717, 1.165) is 37.9 Å². The summed E-state index contributed by atoms with van der Waals surface area (Å²) in [5.74, 6) is 0.206. The molecule has 1 aromatic rings. The van der Waals surface area contributed by atoms with Gasteiger partial charge in [0.1, 0.15) is 0 Å². The molecule has 1 spiro atoms. The highest BCUT2D eigenvalue weighted by molar-refractivity contribution is 7.86. The minimum atomic E-state index is -3.36. The fourth-order valence-corrected chi connectivity index (χ4v) is 5.43. The van der Waals surface area contributed by atoms with Crippen LogP contribution in [0.5, 0.6) is 0 Å². The van der Waals surface area contributed by atoms with E-state index in [0.29, 0.717) is 32.6 Å². The maximum absolute atomic E-state index is 12.5. The van der Waals surface area contributed by atoms with Crippen LogP contribution in [-0.4, -0.2) is 72.6 Å². The maximum atomic E-state index is 12.5. The van der Waals surface area contributed by atoms with Gasteiger partial charge in [0, 0.05) is 64.5 Å². The van der Waals surface area contributed by atoms with Gasteiger partial charge in [0.2, 0.25) is 5.91 Å². The van der Waals surface area contributed by atoms with Crippen LogP contribution in [0.4, 0.5) is 0 Å². The topological polar surface area (TPSA) is 73.8 Å². The number of aromatic nitrogens is 1. The molecule has 3 rings (SSSR count). The van der Waals surface area contributed by atoms with Crippen molar-refractivity contribution in [3.05, 3.63) is 30.1 Å². The van der Waals surface area contributed by atoms with E-state index in [9.17, 15) is 13.2 Å². The molecule has 0 radical (unpaired) electrons. The normalized spacial score (nSPS) is 21.1. The summed E-state index contributed by atoms with van der Waals surface area (Å²) < 4.78 is 28.1. The van der Waals surface area contributed by atoms with Crippen LogP contribution in [0.15, 0.2) is 24.4 Å². The van der Waals surface area contributed by atoms with Crippen molar-refractivity contribution in [3.8, 4) is 0 Å². The molecule has 0 aliphatic carbocycles. The predicted molar refractivity (Wildman–Crippen MR) is 104 cm³/mol. The van der Waals surface area contributed by atoms with Gasteiger partial charge in [-0.2, -0.15) is 17.0 Å². The largest absolute Gasteiger partial charge is 0.342 e. The van der Waals surface area contributed by atoms with Crippen LogP contribution in [0, 0.1) is 5.41 Å². The second-order valence-electron chi connectivity index (χ2n) is 7.71. The van der Waals surface area contributed by atoms with Crippen LogP contribution < -0.4 is 0 Å². The third kappa shape index (κ3) is 4.50. The lowest BCUT2D eigenvalue weighted by Crippen LogP contribution is -2.54. The Morgan fingerprint density at radius 3 is 2.59 bits per heavy atom.